The number of nitrogens with zero attached hydrogens (tertiary/aromatic N) is 1. The molecule has 0 spiro atoms. The highest BCUT2D eigenvalue weighted by Crippen LogP contribution is 2.37. The van der Waals surface area contributed by atoms with Crippen LogP contribution in [0.2, 0.25) is 0 Å². The average molecular weight is 451 g/mol. The number of aromatic nitrogens is 1. The summed E-state index contributed by atoms with van der Waals surface area (Å²) in [5.41, 5.74) is 8.86. The summed E-state index contributed by atoms with van der Waals surface area (Å²) in [6.45, 7) is 0.965. The van der Waals surface area contributed by atoms with Gasteiger partial charge in [-0.15, -0.1) is 0 Å². The first-order chi connectivity index (χ1) is 15.9. The Morgan fingerprint density at radius 3 is 1.61 bits per heavy atom. The van der Waals surface area contributed by atoms with Crippen molar-refractivity contribution < 1.29 is 34.5 Å². The Morgan fingerprint density at radius 2 is 1.21 bits per heavy atom. The molecule has 0 unspecified atom stereocenters. The quantitative estimate of drug-likeness (QED) is 0.263. The van der Waals surface area contributed by atoms with Crippen LogP contribution < -0.4 is 19.8 Å². The van der Waals surface area contributed by atoms with Gasteiger partial charge >= 0.3 is 0 Å². The Hall–Kier alpha value is -4.17. The van der Waals surface area contributed by atoms with Crippen molar-refractivity contribution in [2.45, 2.75) is 6.54 Å². The molecule has 0 fully saturated rings. The van der Waals surface area contributed by atoms with E-state index in [4.69, 9.17) is 15.2 Å². The second kappa shape index (κ2) is 10.4. The molecule has 1 aromatic heterocycles. The van der Waals surface area contributed by atoms with Crippen molar-refractivity contribution in [1.82, 2.24) is 0 Å². The van der Waals surface area contributed by atoms with Gasteiger partial charge in [0.25, 0.3) is 0 Å². The monoisotopic (exact) mass is 451 g/mol. The first kappa shape index (κ1) is 23.5. The second-order valence-corrected chi connectivity index (χ2v) is 7.16. The Balaban J connectivity index is 1.97. The van der Waals surface area contributed by atoms with Gasteiger partial charge in [0.05, 0.1) is 20.8 Å². The van der Waals surface area contributed by atoms with Crippen LogP contribution in [0.25, 0.3) is 24.3 Å². The standard InChI is InChI=1S/C25H26N2O6/c1-32-22-14-16(12-20(28)24(22)30)6-8-18-4-3-5-19(27(18)11-10-26)9-7-17-13-21(29)25(31)23(15-17)33-2/h3-9,12-15H,10-11,26H2,1-2H3,(H3,28,29,30,31)/p+1. The minimum Gasteiger partial charge on any atom is -0.504 e. The van der Waals surface area contributed by atoms with Crippen LogP contribution in [0.5, 0.6) is 34.5 Å². The molecule has 6 N–H and O–H groups in total. The summed E-state index contributed by atoms with van der Waals surface area (Å²) in [5.74, 6) is -0.808. The Morgan fingerprint density at radius 1 is 0.758 bits per heavy atom. The molecule has 0 bridgehead atoms. The molecule has 0 aliphatic rings. The third-order valence-electron chi connectivity index (χ3n) is 5.00. The van der Waals surface area contributed by atoms with E-state index in [0.717, 1.165) is 11.4 Å². The molecule has 0 radical (unpaired) electrons. The normalized spacial score (nSPS) is 11.4. The summed E-state index contributed by atoms with van der Waals surface area (Å²) in [4.78, 5) is 0. The molecule has 8 heteroatoms. The van der Waals surface area contributed by atoms with Gasteiger partial charge in [-0.2, -0.15) is 4.57 Å². The van der Waals surface area contributed by atoms with Crippen LogP contribution in [0.4, 0.5) is 0 Å². The van der Waals surface area contributed by atoms with E-state index in [2.05, 4.69) is 0 Å². The number of aromatic hydroxyl groups is 4. The summed E-state index contributed by atoms with van der Waals surface area (Å²) in [5, 5.41) is 39.4. The van der Waals surface area contributed by atoms with Gasteiger partial charge in [0.15, 0.2) is 29.5 Å². The lowest BCUT2D eigenvalue weighted by Gasteiger charge is -2.07. The van der Waals surface area contributed by atoms with Crippen LogP contribution in [-0.2, 0) is 6.54 Å². The fraction of sp³-hybridized carbons (Fsp3) is 0.160. The highest BCUT2D eigenvalue weighted by Gasteiger charge is 2.14. The largest absolute Gasteiger partial charge is 0.504 e. The molecule has 0 aliphatic heterocycles. The van der Waals surface area contributed by atoms with Gasteiger partial charge in [-0.25, -0.2) is 0 Å². The molecule has 0 aliphatic carbocycles. The van der Waals surface area contributed by atoms with Gasteiger partial charge in [0, 0.05) is 24.3 Å². The van der Waals surface area contributed by atoms with Gasteiger partial charge in [-0.1, -0.05) is 0 Å². The van der Waals surface area contributed by atoms with Crippen molar-refractivity contribution in [2.24, 2.45) is 5.73 Å². The van der Waals surface area contributed by atoms with E-state index in [-0.39, 0.29) is 34.5 Å². The summed E-state index contributed by atoms with van der Waals surface area (Å²) < 4.78 is 12.2. The van der Waals surface area contributed by atoms with Gasteiger partial charge < -0.3 is 35.6 Å². The maximum absolute atomic E-state index is 9.91. The van der Waals surface area contributed by atoms with Crippen molar-refractivity contribution in [1.29, 1.82) is 0 Å². The van der Waals surface area contributed by atoms with Crippen molar-refractivity contribution in [2.75, 3.05) is 20.8 Å². The number of hydrogen-bond acceptors (Lipinski definition) is 7. The molecular weight excluding hydrogens is 424 g/mol. The van der Waals surface area contributed by atoms with E-state index < -0.39 is 0 Å². The smallest absolute Gasteiger partial charge is 0.205 e. The number of ether oxygens (including phenoxy) is 2. The SMILES string of the molecule is COc1cc(/C=C/c2cccc(/C=C/c3cc(O)c(O)c(OC)c3)[n+]2CCN)cc(O)c1O. The summed E-state index contributed by atoms with van der Waals surface area (Å²) in [6, 6.07) is 11.9. The van der Waals surface area contributed by atoms with E-state index >= 15 is 0 Å². The molecule has 1 heterocycles. The lowest BCUT2D eigenvalue weighted by Crippen LogP contribution is -2.43. The van der Waals surface area contributed by atoms with Crippen molar-refractivity contribution in [3.8, 4) is 34.5 Å². The molecular formula is C25H27N2O6+. The Bertz CT molecular complexity index is 1120. The van der Waals surface area contributed by atoms with E-state index in [9.17, 15) is 20.4 Å². The number of hydrogen-bond donors (Lipinski definition) is 5. The zero-order valence-electron chi connectivity index (χ0n) is 18.4. The minimum atomic E-state index is -0.308. The average Bonchev–Trinajstić information content (AvgIpc) is 2.81. The number of benzene rings is 2. The fourth-order valence-electron chi connectivity index (χ4n) is 3.35. The number of phenols is 4. The maximum atomic E-state index is 9.91. The van der Waals surface area contributed by atoms with E-state index in [1.807, 2.05) is 34.9 Å². The van der Waals surface area contributed by atoms with Crippen molar-refractivity contribution >= 4 is 24.3 Å². The minimum absolute atomic E-state index is 0.175. The van der Waals surface area contributed by atoms with E-state index in [0.29, 0.717) is 24.2 Å². The number of pyridine rings is 1. The molecule has 0 amide bonds. The van der Waals surface area contributed by atoms with Crippen LogP contribution in [0, 0.1) is 0 Å². The molecule has 0 saturated carbocycles. The first-order valence-electron chi connectivity index (χ1n) is 10.2. The molecule has 3 rings (SSSR count). The number of methoxy groups -OCH3 is 2. The number of rotatable bonds is 8. The highest BCUT2D eigenvalue weighted by molar-refractivity contribution is 5.72. The zero-order chi connectivity index (χ0) is 24.0. The maximum Gasteiger partial charge on any atom is 0.205 e. The van der Waals surface area contributed by atoms with Crippen LogP contribution in [-0.4, -0.2) is 41.2 Å². The zero-order valence-corrected chi connectivity index (χ0v) is 18.4. The van der Waals surface area contributed by atoms with Gasteiger partial charge in [-0.3, -0.25) is 0 Å². The molecule has 0 saturated heterocycles. The molecule has 0 atom stereocenters. The fourth-order valence-corrected chi connectivity index (χ4v) is 3.35. The lowest BCUT2D eigenvalue weighted by atomic mass is 10.1. The van der Waals surface area contributed by atoms with E-state index in [1.165, 1.54) is 26.4 Å². The van der Waals surface area contributed by atoms with Gasteiger partial charge in [0.2, 0.25) is 22.9 Å². The summed E-state index contributed by atoms with van der Waals surface area (Å²) >= 11 is 0. The Labute approximate surface area is 191 Å². The summed E-state index contributed by atoms with van der Waals surface area (Å²) in [6.07, 6.45) is 7.32. The predicted octanol–water partition coefficient (Wildman–Crippen LogP) is 3.11. The summed E-state index contributed by atoms with van der Waals surface area (Å²) in [7, 11) is 2.83. The van der Waals surface area contributed by atoms with E-state index in [1.54, 1.807) is 24.3 Å². The van der Waals surface area contributed by atoms with Crippen LogP contribution in [0.15, 0.2) is 42.5 Å². The molecule has 8 nitrogen and oxygen atoms in total. The number of nitrogens with two attached hydrogens (primary N) is 1. The molecule has 2 aromatic carbocycles. The van der Waals surface area contributed by atoms with Crippen LogP contribution >= 0.6 is 0 Å². The molecule has 33 heavy (non-hydrogen) atoms. The molecule has 172 valence electrons. The first-order valence-corrected chi connectivity index (χ1v) is 10.2. The van der Waals surface area contributed by atoms with Crippen LogP contribution in [0.3, 0.4) is 0 Å². The highest BCUT2D eigenvalue weighted by atomic mass is 16.5. The third-order valence-corrected chi connectivity index (χ3v) is 5.00. The topological polar surface area (TPSA) is 129 Å². The van der Waals surface area contributed by atoms with Gasteiger partial charge in [0.1, 0.15) is 0 Å². The van der Waals surface area contributed by atoms with Gasteiger partial charge in [-0.05, 0) is 53.6 Å². The molecule has 3 aromatic rings. The van der Waals surface area contributed by atoms with Crippen LogP contribution in [0.1, 0.15) is 22.5 Å². The van der Waals surface area contributed by atoms with Crippen molar-refractivity contribution in [3.05, 3.63) is 65.0 Å². The second-order valence-electron chi connectivity index (χ2n) is 7.16. The predicted molar refractivity (Wildman–Crippen MR) is 126 cm³/mol. The van der Waals surface area contributed by atoms with Crippen molar-refractivity contribution in [3.63, 3.8) is 0 Å². The third kappa shape index (κ3) is 5.36. The lowest BCUT2D eigenvalue weighted by molar-refractivity contribution is -0.697. The number of phenolic OH excluding ortho intramolecular Hbond substituents is 4. The Kier molecular flexibility index (Phi) is 7.42.